The molecule has 0 bridgehead atoms. The Morgan fingerprint density at radius 1 is 0.375 bits per heavy atom. The van der Waals surface area contributed by atoms with Crippen molar-refractivity contribution in [1.29, 1.82) is 0 Å². The Morgan fingerprint density at radius 2 is 0.750 bits per heavy atom. The summed E-state index contributed by atoms with van der Waals surface area (Å²) in [6.07, 6.45) is 0. The lowest BCUT2D eigenvalue weighted by molar-refractivity contribution is 1.70. The van der Waals surface area contributed by atoms with Gasteiger partial charge in [-0.25, -0.2) is 0 Å². The van der Waals surface area contributed by atoms with Crippen molar-refractivity contribution in [1.82, 2.24) is 0 Å². The summed E-state index contributed by atoms with van der Waals surface area (Å²) in [5, 5.41) is 3.40. The van der Waals surface area contributed by atoms with Gasteiger partial charge in [0.15, 0.2) is 0 Å². The molecule has 0 atom stereocenters. The molecular weight excluding hydrogens is 429 g/mol. The first-order valence-electron chi connectivity index (χ1n) is 6.62. The van der Waals surface area contributed by atoms with Gasteiger partial charge in [-0.3, -0.25) is 0 Å². The van der Waals surface area contributed by atoms with Gasteiger partial charge in [0, 0.05) is 5.02 Å². The lowest BCUT2D eigenvalue weighted by Gasteiger charge is -1.94. The van der Waals surface area contributed by atoms with Crippen LogP contribution in [-0.2, 0) is 0 Å². The zero-order valence-corrected chi connectivity index (χ0v) is 16.7. The molecule has 0 spiro atoms. The number of hydrogen-bond acceptors (Lipinski definition) is 0. The van der Waals surface area contributed by atoms with Crippen molar-refractivity contribution in [3.05, 3.63) is 103 Å². The number of benzene rings is 3. The van der Waals surface area contributed by atoms with Crippen molar-refractivity contribution in [2.75, 3.05) is 0 Å². The molecule has 0 radical (unpaired) electrons. The Hall–Kier alpha value is -0.600. The molecule has 0 nitrogen and oxygen atoms in total. The van der Waals surface area contributed by atoms with Crippen LogP contribution >= 0.6 is 69.6 Å². The van der Waals surface area contributed by atoms with E-state index in [4.69, 9.17) is 69.6 Å². The summed E-state index contributed by atoms with van der Waals surface area (Å²) in [7, 11) is 0. The van der Waals surface area contributed by atoms with Crippen molar-refractivity contribution in [2.45, 2.75) is 0 Å². The van der Waals surface area contributed by atoms with E-state index in [2.05, 4.69) is 0 Å². The molecule has 0 aliphatic rings. The molecule has 0 heterocycles. The first kappa shape index (κ1) is 21.4. The summed E-state index contributed by atoms with van der Waals surface area (Å²) in [6.45, 7) is 0. The van der Waals surface area contributed by atoms with Crippen LogP contribution in [0.1, 0.15) is 0 Å². The van der Waals surface area contributed by atoms with E-state index < -0.39 is 0 Å². The second-order valence-electron chi connectivity index (χ2n) is 4.25. The summed E-state index contributed by atoms with van der Waals surface area (Å²) >= 11 is 33.5. The minimum atomic E-state index is 0.417. The molecule has 0 aliphatic heterocycles. The van der Waals surface area contributed by atoms with E-state index in [9.17, 15) is 0 Å². The topological polar surface area (TPSA) is 0 Å². The first-order chi connectivity index (χ1) is 11.4. The molecule has 0 saturated carbocycles. The molecule has 3 rings (SSSR count). The zero-order valence-electron chi connectivity index (χ0n) is 12.2. The highest BCUT2D eigenvalue weighted by Crippen LogP contribution is 2.28. The Balaban J connectivity index is 0.000000181. The van der Waals surface area contributed by atoms with E-state index in [0.717, 1.165) is 5.02 Å². The zero-order chi connectivity index (χ0) is 17.9. The summed E-state index contributed by atoms with van der Waals surface area (Å²) in [6, 6.07) is 21.8. The fourth-order valence-electron chi connectivity index (χ4n) is 1.33. The highest BCUT2D eigenvalue weighted by Gasteiger charge is 1.98. The van der Waals surface area contributed by atoms with Crippen LogP contribution in [0.2, 0.25) is 30.1 Å². The van der Waals surface area contributed by atoms with Crippen LogP contribution in [-0.4, -0.2) is 0 Å². The van der Waals surface area contributed by atoms with E-state index in [0.29, 0.717) is 25.1 Å². The smallest absolute Gasteiger partial charge is 0.0778 e. The lowest BCUT2D eigenvalue weighted by Crippen LogP contribution is -1.67. The minimum absolute atomic E-state index is 0.417. The quantitative estimate of drug-likeness (QED) is 0.306. The van der Waals surface area contributed by atoms with E-state index in [1.165, 1.54) is 0 Å². The second-order valence-corrected chi connectivity index (χ2v) is 6.69. The van der Waals surface area contributed by atoms with Gasteiger partial charge >= 0.3 is 0 Å². The highest BCUT2D eigenvalue weighted by atomic mass is 35.5. The maximum atomic E-state index is 5.61. The van der Waals surface area contributed by atoms with Gasteiger partial charge in [0.2, 0.25) is 0 Å². The number of hydrogen-bond donors (Lipinski definition) is 0. The fraction of sp³-hybridized carbons (Fsp3) is 0. The van der Waals surface area contributed by atoms with Gasteiger partial charge in [-0.1, -0.05) is 106 Å². The van der Waals surface area contributed by atoms with Crippen LogP contribution in [0.3, 0.4) is 0 Å². The van der Waals surface area contributed by atoms with Crippen LogP contribution < -0.4 is 0 Å². The molecule has 24 heavy (non-hydrogen) atoms. The van der Waals surface area contributed by atoms with Crippen molar-refractivity contribution in [2.24, 2.45) is 0 Å². The van der Waals surface area contributed by atoms with Gasteiger partial charge in [-0.05, 0) is 36.4 Å². The standard InChI is InChI=1S/C6H3Cl3.C6H4Cl2.C6H5Cl/c7-4-2-1-3-5(8)6(4)9;7-5-3-1-2-4-6(5)8;7-6-4-2-1-3-5-6/h1-3H;1-4H;1-5H. The molecule has 126 valence electrons. The van der Waals surface area contributed by atoms with E-state index in [-0.39, 0.29) is 0 Å². The Labute approximate surface area is 171 Å². The minimum Gasteiger partial charge on any atom is -0.0843 e. The Bertz CT molecular complexity index is 702. The fourth-order valence-corrected chi connectivity index (χ4v) is 2.27. The Morgan fingerprint density at radius 3 is 1.04 bits per heavy atom. The van der Waals surface area contributed by atoms with Gasteiger partial charge in [0.1, 0.15) is 0 Å². The van der Waals surface area contributed by atoms with E-state index >= 15 is 0 Å². The summed E-state index contributed by atoms with van der Waals surface area (Å²) in [5.74, 6) is 0. The summed E-state index contributed by atoms with van der Waals surface area (Å²) in [4.78, 5) is 0. The lowest BCUT2D eigenvalue weighted by atomic mass is 10.4. The van der Waals surface area contributed by atoms with E-state index in [1.54, 1.807) is 30.3 Å². The highest BCUT2D eigenvalue weighted by molar-refractivity contribution is 6.47. The number of halogens is 6. The van der Waals surface area contributed by atoms with Crippen molar-refractivity contribution >= 4 is 69.6 Å². The van der Waals surface area contributed by atoms with E-state index in [1.807, 2.05) is 42.5 Å². The third kappa shape index (κ3) is 8.48. The molecule has 0 saturated heterocycles. The second kappa shape index (κ2) is 11.9. The summed E-state index contributed by atoms with van der Waals surface area (Å²) < 4.78 is 0. The van der Waals surface area contributed by atoms with Crippen molar-refractivity contribution in [3.63, 3.8) is 0 Å². The monoisotopic (exact) mass is 438 g/mol. The molecule has 0 N–H and O–H groups in total. The average molecular weight is 441 g/mol. The molecule has 0 unspecified atom stereocenters. The molecule has 0 aliphatic carbocycles. The SMILES string of the molecule is Clc1cccc(Cl)c1Cl.Clc1ccccc1.Clc1ccccc1Cl. The van der Waals surface area contributed by atoms with Gasteiger partial charge in [-0.15, -0.1) is 0 Å². The van der Waals surface area contributed by atoms with Crippen LogP contribution in [0.4, 0.5) is 0 Å². The van der Waals surface area contributed by atoms with Crippen LogP contribution in [0.25, 0.3) is 0 Å². The molecule has 3 aromatic carbocycles. The Kier molecular flexibility index (Phi) is 10.6. The van der Waals surface area contributed by atoms with Gasteiger partial charge in [0.05, 0.1) is 25.1 Å². The maximum Gasteiger partial charge on any atom is 0.0778 e. The average Bonchev–Trinajstić information content (AvgIpc) is 2.57. The molecule has 0 amide bonds. The van der Waals surface area contributed by atoms with Gasteiger partial charge in [-0.2, -0.15) is 0 Å². The molecule has 6 heteroatoms. The molecule has 0 aromatic heterocycles. The number of rotatable bonds is 0. The third-order valence-corrected chi connectivity index (χ3v) is 4.70. The first-order valence-corrected chi connectivity index (χ1v) is 8.88. The van der Waals surface area contributed by atoms with Gasteiger partial charge in [0.25, 0.3) is 0 Å². The van der Waals surface area contributed by atoms with Gasteiger partial charge < -0.3 is 0 Å². The van der Waals surface area contributed by atoms with Crippen molar-refractivity contribution in [3.8, 4) is 0 Å². The predicted octanol–water partition coefficient (Wildman–Crippen LogP) is 8.98. The predicted molar refractivity (Wildman–Crippen MR) is 109 cm³/mol. The van der Waals surface area contributed by atoms with Crippen LogP contribution in [0.15, 0.2) is 72.8 Å². The molecule has 0 fully saturated rings. The third-order valence-electron chi connectivity index (χ3n) is 2.46. The molecule has 3 aromatic rings. The van der Waals surface area contributed by atoms with Crippen LogP contribution in [0, 0.1) is 0 Å². The normalized spacial score (nSPS) is 9.25. The summed E-state index contributed by atoms with van der Waals surface area (Å²) in [5.41, 5.74) is 0. The maximum absolute atomic E-state index is 5.61. The van der Waals surface area contributed by atoms with Crippen LogP contribution in [0.5, 0.6) is 0 Å². The van der Waals surface area contributed by atoms with Crippen molar-refractivity contribution < 1.29 is 0 Å². The molecular formula is C18H12Cl6. The largest absolute Gasteiger partial charge is 0.0843 e.